The number of nitrogens with two attached hydrogens (primary N) is 1. The molecule has 0 bridgehead atoms. The van der Waals surface area contributed by atoms with Crippen LogP contribution in [0.25, 0.3) is 0 Å². The standard InChI is InChI=1S/C13H21N3O/c1-10-6-11(7-14)8-15-12(10)16-4-5-17-9-13(16,2)3/h6,8H,4-5,7,9,14H2,1-3H3. The molecule has 0 spiro atoms. The molecule has 17 heavy (non-hydrogen) atoms. The maximum Gasteiger partial charge on any atom is 0.132 e. The molecule has 1 aliphatic heterocycles. The number of morpholine rings is 1. The predicted octanol–water partition coefficient (Wildman–Crippen LogP) is 1.46. The summed E-state index contributed by atoms with van der Waals surface area (Å²) in [6.07, 6.45) is 1.87. The highest BCUT2D eigenvalue weighted by atomic mass is 16.5. The van der Waals surface area contributed by atoms with Gasteiger partial charge in [0.1, 0.15) is 5.82 Å². The molecule has 4 nitrogen and oxygen atoms in total. The molecule has 2 heterocycles. The van der Waals surface area contributed by atoms with E-state index in [2.05, 4.69) is 36.7 Å². The molecule has 0 unspecified atom stereocenters. The smallest absolute Gasteiger partial charge is 0.132 e. The Labute approximate surface area is 103 Å². The minimum absolute atomic E-state index is 0.000239. The van der Waals surface area contributed by atoms with Crippen molar-refractivity contribution in [2.45, 2.75) is 32.9 Å². The Balaban J connectivity index is 2.32. The van der Waals surface area contributed by atoms with E-state index in [4.69, 9.17) is 10.5 Å². The van der Waals surface area contributed by atoms with E-state index in [0.29, 0.717) is 6.54 Å². The van der Waals surface area contributed by atoms with E-state index >= 15 is 0 Å². The summed E-state index contributed by atoms with van der Waals surface area (Å²) in [5.41, 5.74) is 7.89. The fourth-order valence-corrected chi connectivity index (χ4v) is 2.27. The molecule has 2 rings (SSSR count). The number of hydrogen-bond donors (Lipinski definition) is 1. The van der Waals surface area contributed by atoms with E-state index in [0.717, 1.165) is 31.1 Å². The molecule has 1 aromatic rings. The van der Waals surface area contributed by atoms with Crippen LogP contribution >= 0.6 is 0 Å². The van der Waals surface area contributed by atoms with Crippen LogP contribution in [-0.2, 0) is 11.3 Å². The lowest BCUT2D eigenvalue weighted by Gasteiger charge is -2.43. The summed E-state index contributed by atoms with van der Waals surface area (Å²) >= 11 is 0. The Morgan fingerprint density at radius 1 is 1.53 bits per heavy atom. The van der Waals surface area contributed by atoms with E-state index in [9.17, 15) is 0 Å². The maximum atomic E-state index is 5.63. The molecule has 4 heteroatoms. The predicted molar refractivity (Wildman–Crippen MR) is 69.1 cm³/mol. The molecular formula is C13H21N3O. The highest BCUT2D eigenvalue weighted by Gasteiger charge is 2.32. The third kappa shape index (κ3) is 2.42. The van der Waals surface area contributed by atoms with Crippen LogP contribution in [0.3, 0.4) is 0 Å². The fraction of sp³-hybridized carbons (Fsp3) is 0.615. The van der Waals surface area contributed by atoms with Gasteiger partial charge in [0.15, 0.2) is 0 Å². The zero-order valence-corrected chi connectivity index (χ0v) is 10.9. The van der Waals surface area contributed by atoms with Crippen molar-refractivity contribution >= 4 is 5.82 Å². The summed E-state index contributed by atoms with van der Waals surface area (Å²) in [4.78, 5) is 6.88. The van der Waals surface area contributed by atoms with E-state index in [-0.39, 0.29) is 5.54 Å². The molecule has 0 saturated carbocycles. The number of anilines is 1. The fourth-order valence-electron chi connectivity index (χ4n) is 2.27. The van der Waals surface area contributed by atoms with Crippen LogP contribution in [0.4, 0.5) is 5.82 Å². The minimum atomic E-state index is 0.000239. The molecule has 0 amide bonds. The molecule has 94 valence electrons. The van der Waals surface area contributed by atoms with E-state index < -0.39 is 0 Å². The third-order valence-electron chi connectivity index (χ3n) is 3.24. The van der Waals surface area contributed by atoms with Crippen molar-refractivity contribution in [2.75, 3.05) is 24.7 Å². The Hall–Kier alpha value is -1.13. The summed E-state index contributed by atoms with van der Waals surface area (Å²) in [7, 11) is 0. The van der Waals surface area contributed by atoms with Gasteiger partial charge in [-0.1, -0.05) is 0 Å². The number of aryl methyl sites for hydroxylation is 1. The van der Waals surface area contributed by atoms with Crippen LogP contribution in [0, 0.1) is 6.92 Å². The van der Waals surface area contributed by atoms with Gasteiger partial charge in [0.05, 0.1) is 18.8 Å². The van der Waals surface area contributed by atoms with Crippen LogP contribution in [0.2, 0.25) is 0 Å². The van der Waals surface area contributed by atoms with Crippen molar-refractivity contribution in [3.05, 3.63) is 23.4 Å². The lowest BCUT2D eigenvalue weighted by Crippen LogP contribution is -2.53. The molecular weight excluding hydrogens is 214 g/mol. The molecule has 2 N–H and O–H groups in total. The van der Waals surface area contributed by atoms with Gasteiger partial charge in [-0.15, -0.1) is 0 Å². The lowest BCUT2D eigenvalue weighted by atomic mass is 10.0. The molecule has 0 aromatic carbocycles. The second-order valence-electron chi connectivity index (χ2n) is 5.20. The van der Waals surface area contributed by atoms with Crippen LogP contribution in [-0.4, -0.2) is 30.3 Å². The van der Waals surface area contributed by atoms with Crippen molar-refractivity contribution in [1.82, 2.24) is 4.98 Å². The first-order valence-electron chi connectivity index (χ1n) is 6.05. The first-order chi connectivity index (χ1) is 8.04. The monoisotopic (exact) mass is 235 g/mol. The maximum absolute atomic E-state index is 5.63. The number of hydrogen-bond acceptors (Lipinski definition) is 4. The average molecular weight is 235 g/mol. The molecule has 0 aliphatic carbocycles. The van der Waals surface area contributed by atoms with E-state index in [1.165, 1.54) is 5.56 Å². The van der Waals surface area contributed by atoms with Crippen molar-refractivity contribution in [2.24, 2.45) is 5.73 Å². The summed E-state index contributed by atoms with van der Waals surface area (Å²) < 4.78 is 5.53. The largest absolute Gasteiger partial charge is 0.377 e. The van der Waals surface area contributed by atoms with Gasteiger partial charge < -0.3 is 15.4 Å². The summed E-state index contributed by atoms with van der Waals surface area (Å²) in [6.45, 7) is 9.40. The molecule has 0 atom stereocenters. The zero-order chi connectivity index (χ0) is 12.5. The van der Waals surface area contributed by atoms with Crippen LogP contribution in [0.1, 0.15) is 25.0 Å². The Morgan fingerprint density at radius 2 is 2.29 bits per heavy atom. The molecule has 1 aromatic heterocycles. The van der Waals surface area contributed by atoms with Gasteiger partial charge in [0.2, 0.25) is 0 Å². The highest BCUT2D eigenvalue weighted by Crippen LogP contribution is 2.28. The van der Waals surface area contributed by atoms with Gasteiger partial charge in [0.25, 0.3) is 0 Å². The van der Waals surface area contributed by atoms with Crippen LogP contribution in [0.15, 0.2) is 12.3 Å². The average Bonchev–Trinajstić information content (AvgIpc) is 2.29. The Morgan fingerprint density at radius 3 is 2.88 bits per heavy atom. The van der Waals surface area contributed by atoms with Gasteiger partial charge >= 0.3 is 0 Å². The van der Waals surface area contributed by atoms with E-state index in [1.54, 1.807) is 0 Å². The van der Waals surface area contributed by atoms with Crippen LogP contribution in [0.5, 0.6) is 0 Å². The summed E-state index contributed by atoms with van der Waals surface area (Å²) in [6, 6.07) is 2.12. The summed E-state index contributed by atoms with van der Waals surface area (Å²) in [5.74, 6) is 1.05. The molecule has 1 fully saturated rings. The van der Waals surface area contributed by atoms with Gasteiger partial charge in [-0.2, -0.15) is 0 Å². The highest BCUT2D eigenvalue weighted by molar-refractivity contribution is 5.50. The molecule has 0 radical (unpaired) electrons. The van der Waals surface area contributed by atoms with Gasteiger partial charge in [-0.3, -0.25) is 0 Å². The molecule has 1 saturated heterocycles. The zero-order valence-electron chi connectivity index (χ0n) is 10.9. The van der Waals surface area contributed by atoms with Crippen molar-refractivity contribution in [3.8, 4) is 0 Å². The second kappa shape index (κ2) is 4.63. The summed E-state index contributed by atoms with van der Waals surface area (Å²) in [5, 5.41) is 0. The van der Waals surface area contributed by atoms with Gasteiger partial charge in [0, 0.05) is 19.3 Å². The minimum Gasteiger partial charge on any atom is -0.377 e. The third-order valence-corrected chi connectivity index (χ3v) is 3.24. The quantitative estimate of drug-likeness (QED) is 0.843. The van der Waals surface area contributed by atoms with Gasteiger partial charge in [-0.05, 0) is 38.0 Å². The van der Waals surface area contributed by atoms with Crippen LogP contribution < -0.4 is 10.6 Å². The number of rotatable bonds is 2. The van der Waals surface area contributed by atoms with Crippen molar-refractivity contribution < 1.29 is 4.74 Å². The Bertz CT molecular complexity index is 404. The normalized spacial score (nSPS) is 19.4. The number of nitrogens with zero attached hydrogens (tertiary/aromatic N) is 2. The first-order valence-corrected chi connectivity index (χ1v) is 6.05. The topological polar surface area (TPSA) is 51.4 Å². The SMILES string of the molecule is Cc1cc(CN)cnc1N1CCOCC1(C)C. The van der Waals surface area contributed by atoms with Crippen molar-refractivity contribution in [3.63, 3.8) is 0 Å². The number of aromatic nitrogens is 1. The van der Waals surface area contributed by atoms with E-state index in [1.807, 2.05) is 6.20 Å². The lowest BCUT2D eigenvalue weighted by molar-refractivity contribution is 0.0638. The number of pyridine rings is 1. The van der Waals surface area contributed by atoms with Crippen molar-refractivity contribution in [1.29, 1.82) is 0 Å². The second-order valence-corrected chi connectivity index (χ2v) is 5.20. The molecule has 1 aliphatic rings. The first kappa shape index (κ1) is 12.3. The van der Waals surface area contributed by atoms with Gasteiger partial charge in [-0.25, -0.2) is 4.98 Å². The Kier molecular flexibility index (Phi) is 3.35. The number of ether oxygens (including phenoxy) is 1.